The fraction of sp³-hybridized carbons (Fsp3) is 0.421. The van der Waals surface area contributed by atoms with Gasteiger partial charge in [-0.3, -0.25) is 19.2 Å². The summed E-state index contributed by atoms with van der Waals surface area (Å²) in [4.78, 5) is 59.5. The second-order valence-electron chi connectivity index (χ2n) is 5.92. The van der Waals surface area contributed by atoms with Crippen molar-refractivity contribution in [1.29, 1.82) is 0 Å². The van der Waals surface area contributed by atoms with Crippen LogP contribution < -0.4 is 10.6 Å². The molecule has 10 heteroatoms. The molecule has 158 valence electrons. The van der Waals surface area contributed by atoms with E-state index in [4.69, 9.17) is 9.47 Å². The van der Waals surface area contributed by atoms with E-state index in [0.717, 1.165) is 0 Å². The SMILES string of the molecule is CCOC(=O)C[C@@H](C(=O)OCC)[C@H](NC(=O)c1cccc(NC(C)=O)c1)C(=O)O. The molecule has 2 amide bonds. The number of rotatable bonds is 10. The molecule has 0 bridgehead atoms. The second-order valence-corrected chi connectivity index (χ2v) is 5.92. The molecule has 1 aromatic rings. The van der Waals surface area contributed by atoms with Crippen LogP contribution in [0.3, 0.4) is 0 Å². The monoisotopic (exact) mass is 408 g/mol. The summed E-state index contributed by atoms with van der Waals surface area (Å²) < 4.78 is 9.64. The van der Waals surface area contributed by atoms with E-state index in [1.807, 2.05) is 0 Å². The van der Waals surface area contributed by atoms with E-state index in [1.165, 1.54) is 32.0 Å². The summed E-state index contributed by atoms with van der Waals surface area (Å²) in [5.74, 6) is -5.88. The quantitative estimate of drug-likeness (QED) is 0.485. The minimum atomic E-state index is -1.73. The van der Waals surface area contributed by atoms with Crippen molar-refractivity contribution in [2.45, 2.75) is 33.2 Å². The van der Waals surface area contributed by atoms with Crippen LogP contribution in [0.15, 0.2) is 24.3 Å². The van der Waals surface area contributed by atoms with Crippen molar-refractivity contribution >= 4 is 35.4 Å². The highest BCUT2D eigenvalue weighted by molar-refractivity contribution is 5.99. The predicted molar refractivity (Wildman–Crippen MR) is 101 cm³/mol. The van der Waals surface area contributed by atoms with Crippen molar-refractivity contribution < 1.29 is 38.6 Å². The van der Waals surface area contributed by atoms with Crippen LogP contribution in [0, 0.1) is 5.92 Å². The van der Waals surface area contributed by atoms with Gasteiger partial charge in [-0.05, 0) is 32.0 Å². The van der Waals surface area contributed by atoms with E-state index in [-0.39, 0.29) is 24.7 Å². The second kappa shape index (κ2) is 11.4. The first-order valence-corrected chi connectivity index (χ1v) is 8.93. The zero-order valence-corrected chi connectivity index (χ0v) is 16.4. The molecule has 3 N–H and O–H groups in total. The molecule has 0 heterocycles. The Hall–Kier alpha value is -3.43. The van der Waals surface area contributed by atoms with Crippen LogP contribution in [0.4, 0.5) is 5.69 Å². The van der Waals surface area contributed by atoms with Gasteiger partial charge >= 0.3 is 17.9 Å². The molecule has 0 saturated heterocycles. The third-order valence-electron chi connectivity index (χ3n) is 3.68. The first kappa shape index (κ1) is 23.6. The molecule has 1 aromatic carbocycles. The Morgan fingerprint density at radius 1 is 1.07 bits per heavy atom. The van der Waals surface area contributed by atoms with Gasteiger partial charge in [-0.15, -0.1) is 0 Å². The number of ether oxygens (including phenoxy) is 2. The standard InChI is InChI=1S/C19H24N2O8/c1-4-28-15(23)10-14(19(27)29-5-2)16(18(25)26)21-17(24)12-7-6-8-13(9-12)20-11(3)22/h6-9,14,16H,4-5,10H2,1-3H3,(H,20,22)(H,21,24)(H,25,26)/t14-,16+/m1/s1. The molecule has 0 aliphatic heterocycles. The maximum absolute atomic E-state index is 12.5. The van der Waals surface area contributed by atoms with Crippen LogP contribution >= 0.6 is 0 Å². The van der Waals surface area contributed by atoms with Gasteiger partial charge in [0.05, 0.1) is 25.6 Å². The number of hydrogen-bond donors (Lipinski definition) is 3. The van der Waals surface area contributed by atoms with E-state index in [9.17, 15) is 29.1 Å². The summed E-state index contributed by atoms with van der Waals surface area (Å²) in [5, 5.41) is 14.3. The zero-order chi connectivity index (χ0) is 22.0. The third-order valence-corrected chi connectivity index (χ3v) is 3.68. The number of amides is 2. The number of carbonyl (C=O) groups is 5. The van der Waals surface area contributed by atoms with Crippen molar-refractivity contribution in [2.24, 2.45) is 5.92 Å². The number of carbonyl (C=O) groups excluding carboxylic acids is 4. The van der Waals surface area contributed by atoms with Gasteiger partial charge in [0.1, 0.15) is 6.04 Å². The summed E-state index contributed by atoms with van der Waals surface area (Å²) >= 11 is 0. The van der Waals surface area contributed by atoms with Gasteiger partial charge in [-0.25, -0.2) is 4.79 Å². The first-order chi connectivity index (χ1) is 13.7. The predicted octanol–water partition coefficient (Wildman–Crippen LogP) is 0.960. The molecule has 0 saturated carbocycles. The van der Waals surface area contributed by atoms with E-state index in [1.54, 1.807) is 13.0 Å². The van der Waals surface area contributed by atoms with Crippen LogP contribution in [0.2, 0.25) is 0 Å². The highest BCUT2D eigenvalue weighted by Gasteiger charge is 2.38. The maximum Gasteiger partial charge on any atom is 0.327 e. The Morgan fingerprint density at radius 2 is 1.72 bits per heavy atom. The van der Waals surface area contributed by atoms with Crippen molar-refractivity contribution in [3.63, 3.8) is 0 Å². The molecule has 29 heavy (non-hydrogen) atoms. The minimum Gasteiger partial charge on any atom is -0.480 e. The average Bonchev–Trinajstić information content (AvgIpc) is 2.64. The number of esters is 2. The fourth-order valence-electron chi connectivity index (χ4n) is 2.49. The molecule has 0 aliphatic carbocycles. The van der Waals surface area contributed by atoms with Crippen LogP contribution in [-0.4, -0.2) is 54.1 Å². The molecule has 0 fully saturated rings. The topological polar surface area (TPSA) is 148 Å². The van der Waals surface area contributed by atoms with Crippen LogP contribution in [0.1, 0.15) is 37.6 Å². The Labute approximate surface area is 167 Å². The number of nitrogens with one attached hydrogen (secondary N) is 2. The maximum atomic E-state index is 12.5. The Bertz CT molecular complexity index is 777. The molecule has 10 nitrogen and oxygen atoms in total. The van der Waals surface area contributed by atoms with Gasteiger partial charge < -0.3 is 25.2 Å². The number of carboxylic acids is 1. The van der Waals surface area contributed by atoms with E-state index in [2.05, 4.69) is 10.6 Å². The number of anilines is 1. The summed E-state index contributed by atoms with van der Waals surface area (Å²) in [6.07, 6.45) is -0.574. The van der Waals surface area contributed by atoms with E-state index >= 15 is 0 Å². The molecule has 0 radical (unpaired) electrons. The molecule has 0 spiro atoms. The minimum absolute atomic E-state index is 0.0306. The largest absolute Gasteiger partial charge is 0.480 e. The lowest BCUT2D eigenvalue weighted by molar-refractivity contribution is -0.159. The molecular formula is C19H24N2O8. The molecule has 2 atom stereocenters. The van der Waals surface area contributed by atoms with Gasteiger partial charge in [0.25, 0.3) is 5.91 Å². The van der Waals surface area contributed by atoms with E-state index in [0.29, 0.717) is 5.69 Å². The van der Waals surface area contributed by atoms with Crippen LogP contribution in [-0.2, 0) is 28.7 Å². The average molecular weight is 408 g/mol. The number of aliphatic carboxylic acids is 1. The lowest BCUT2D eigenvalue weighted by atomic mass is 9.95. The normalized spacial score (nSPS) is 12.2. The highest BCUT2D eigenvalue weighted by Crippen LogP contribution is 2.16. The van der Waals surface area contributed by atoms with Gasteiger partial charge in [0, 0.05) is 18.2 Å². The molecule has 0 unspecified atom stereocenters. The van der Waals surface area contributed by atoms with E-state index < -0.39 is 42.2 Å². The zero-order valence-electron chi connectivity index (χ0n) is 16.4. The highest BCUT2D eigenvalue weighted by atomic mass is 16.5. The van der Waals surface area contributed by atoms with Gasteiger partial charge in [-0.2, -0.15) is 0 Å². The fourth-order valence-corrected chi connectivity index (χ4v) is 2.49. The van der Waals surface area contributed by atoms with Gasteiger partial charge in [-0.1, -0.05) is 6.07 Å². The smallest absolute Gasteiger partial charge is 0.327 e. The Morgan fingerprint density at radius 3 is 2.28 bits per heavy atom. The van der Waals surface area contributed by atoms with Crippen molar-refractivity contribution in [1.82, 2.24) is 5.32 Å². The third kappa shape index (κ3) is 7.60. The summed E-state index contributed by atoms with van der Waals surface area (Å²) in [6, 6.07) is 4.08. The van der Waals surface area contributed by atoms with Crippen molar-refractivity contribution in [3.05, 3.63) is 29.8 Å². The van der Waals surface area contributed by atoms with Gasteiger partial charge in [0.2, 0.25) is 5.91 Å². The Kier molecular flexibility index (Phi) is 9.30. The van der Waals surface area contributed by atoms with Crippen molar-refractivity contribution in [2.75, 3.05) is 18.5 Å². The number of hydrogen-bond acceptors (Lipinski definition) is 7. The summed E-state index contributed by atoms with van der Waals surface area (Å²) in [5.41, 5.74) is 0.395. The van der Waals surface area contributed by atoms with Crippen LogP contribution in [0.5, 0.6) is 0 Å². The number of benzene rings is 1. The van der Waals surface area contributed by atoms with Gasteiger partial charge in [0.15, 0.2) is 0 Å². The number of carboxylic acid groups (broad SMARTS) is 1. The molecular weight excluding hydrogens is 384 g/mol. The molecule has 0 aromatic heterocycles. The van der Waals surface area contributed by atoms with Crippen LogP contribution in [0.25, 0.3) is 0 Å². The lowest BCUT2D eigenvalue weighted by Crippen LogP contribution is -2.49. The molecule has 1 rings (SSSR count). The molecule has 0 aliphatic rings. The first-order valence-electron chi connectivity index (χ1n) is 8.93. The Balaban J connectivity index is 3.09. The summed E-state index contributed by atoms with van der Waals surface area (Å²) in [6.45, 7) is 4.41. The van der Waals surface area contributed by atoms with Crippen molar-refractivity contribution in [3.8, 4) is 0 Å². The lowest BCUT2D eigenvalue weighted by Gasteiger charge is -2.23. The summed E-state index contributed by atoms with van der Waals surface area (Å²) in [7, 11) is 0.